The van der Waals surface area contributed by atoms with Gasteiger partial charge in [-0.25, -0.2) is 0 Å². The molecule has 1 N–H and O–H groups in total. The third kappa shape index (κ3) is 4.34. The first-order valence-corrected chi connectivity index (χ1v) is 10.4. The quantitative estimate of drug-likeness (QED) is 0.274. The minimum Gasteiger partial charge on any atom is -0.618 e. The SMILES string of the molecule is C/C=C/Cc1c(I)c(C(=O)Nc2c(CC)cccc2CC)c(C)[n+]([O-])c1C. The van der Waals surface area contributed by atoms with Crippen molar-refractivity contribution >= 4 is 34.2 Å². The smallest absolute Gasteiger partial charge is 0.263 e. The van der Waals surface area contributed by atoms with Gasteiger partial charge in [-0.1, -0.05) is 44.2 Å². The summed E-state index contributed by atoms with van der Waals surface area (Å²) in [5, 5.41) is 15.7. The summed E-state index contributed by atoms with van der Waals surface area (Å²) in [6.07, 6.45) is 6.26. The number of pyridine rings is 1. The number of carbonyl (C=O) groups excluding carboxylic acids is 1. The number of benzene rings is 1. The van der Waals surface area contributed by atoms with Crippen molar-refractivity contribution in [2.75, 3.05) is 5.32 Å². The van der Waals surface area contributed by atoms with Gasteiger partial charge in [0, 0.05) is 28.7 Å². The van der Waals surface area contributed by atoms with Gasteiger partial charge in [0.25, 0.3) is 5.91 Å². The van der Waals surface area contributed by atoms with Gasteiger partial charge in [-0.2, -0.15) is 4.73 Å². The number of halogens is 1. The van der Waals surface area contributed by atoms with Crippen LogP contribution in [0.2, 0.25) is 0 Å². The molecule has 5 heteroatoms. The van der Waals surface area contributed by atoms with Gasteiger partial charge in [0.05, 0.1) is 0 Å². The molecule has 0 saturated heterocycles. The molecule has 1 aromatic heterocycles. The maximum atomic E-state index is 13.2. The highest BCUT2D eigenvalue weighted by Crippen LogP contribution is 2.26. The first-order chi connectivity index (χ1) is 12.9. The second-order valence-electron chi connectivity index (χ2n) is 6.52. The highest BCUT2D eigenvalue weighted by Gasteiger charge is 2.26. The Balaban J connectivity index is 2.56. The fourth-order valence-corrected chi connectivity index (χ4v) is 4.51. The van der Waals surface area contributed by atoms with Crippen molar-refractivity contribution in [3.8, 4) is 0 Å². The van der Waals surface area contributed by atoms with E-state index in [1.54, 1.807) is 6.92 Å². The third-order valence-electron chi connectivity index (χ3n) is 4.91. The van der Waals surface area contributed by atoms with E-state index in [2.05, 4.69) is 41.8 Å². The predicted octanol–water partition coefficient (Wildman–Crippen LogP) is 5.04. The van der Waals surface area contributed by atoms with Crippen molar-refractivity contribution in [3.05, 3.63) is 72.8 Å². The molecule has 0 fully saturated rings. The number of rotatable bonds is 6. The highest BCUT2D eigenvalue weighted by atomic mass is 127. The van der Waals surface area contributed by atoms with Crippen LogP contribution in [0.5, 0.6) is 0 Å². The average molecular weight is 478 g/mol. The Morgan fingerprint density at radius 1 is 1.19 bits per heavy atom. The summed E-state index contributed by atoms with van der Waals surface area (Å²) in [5.74, 6) is -0.223. The Morgan fingerprint density at radius 3 is 2.30 bits per heavy atom. The van der Waals surface area contributed by atoms with E-state index in [1.165, 1.54) is 0 Å². The molecule has 0 bridgehead atoms. The second kappa shape index (κ2) is 9.35. The zero-order chi connectivity index (χ0) is 20.1. The van der Waals surface area contributed by atoms with E-state index in [9.17, 15) is 10.0 Å². The van der Waals surface area contributed by atoms with Crippen molar-refractivity contribution in [3.63, 3.8) is 0 Å². The molecule has 0 atom stereocenters. The lowest BCUT2D eigenvalue weighted by atomic mass is 10.0. The molecule has 0 aliphatic rings. The molecule has 4 nitrogen and oxygen atoms in total. The minimum absolute atomic E-state index is 0.223. The van der Waals surface area contributed by atoms with Crippen LogP contribution in [0.25, 0.3) is 0 Å². The van der Waals surface area contributed by atoms with Crippen LogP contribution in [-0.2, 0) is 19.3 Å². The molecular formula is C22H27IN2O2. The van der Waals surface area contributed by atoms with Crippen LogP contribution in [0.15, 0.2) is 30.4 Å². The summed E-state index contributed by atoms with van der Waals surface area (Å²) in [6.45, 7) is 9.62. The minimum atomic E-state index is -0.223. The molecule has 1 aromatic carbocycles. The number of aromatic nitrogens is 1. The zero-order valence-electron chi connectivity index (χ0n) is 16.6. The third-order valence-corrected chi connectivity index (χ3v) is 6.10. The van der Waals surface area contributed by atoms with Gasteiger partial charge in [-0.05, 0) is 59.9 Å². The summed E-state index contributed by atoms with van der Waals surface area (Å²) in [7, 11) is 0. The Morgan fingerprint density at radius 2 is 1.78 bits per heavy atom. The largest absolute Gasteiger partial charge is 0.618 e. The van der Waals surface area contributed by atoms with Crippen LogP contribution in [0, 0.1) is 22.6 Å². The molecule has 0 saturated carbocycles. The lowest BCUT2D eigenvalue weighted by molar-refractivity contribution is -0.619. The number of nitrogens with zero attached hydrogens (tertiary/aromatic N) is 1. The number of nitrogens with one attached hydrogen (secondary N) is 1. The number of amides is 1. The standard InChI is InChI=1S/C22H27IN2O2/c1-6-9-13-18-14(4)25(27)15(5)19(20(18)23)22(26)24-21-16(7-2)11-10-12-17(21)8-3/h6,9-12H,7-8,13H2,1-5H3,(H,24,26)/b9-6+. The van der Waals surface area contributed by atoms with Gasteiger partial charge < -0.3 is 10.5 Å². The van der Waals surface area contributed by atoms with Crippen LogP contribution in [0.3, 0.4) is 0 Å². The summed E-state index contributed by atoms with van der Waals surface area (Å²) in [4.78, 5) is 13.2. The molecular weight excluding hydrogens is 451 g/mol. The van der Waals surface area contributed by atoms with Gasteiger partial charge >= 0.3 is 0 Å². The fraction of sp³-hybridized carbons (Fsp3) is 0.364. The van der Waals surface area contributed by atoms with E-state index in [1.807, 2.05) is 44.2 Å². The summed E-state index contributed by atoms with van der Waals surface area (Å²) in [5.41, 5.74) is 5.52. The monoisotopic (exact) mass is 478 g/mol. The van der Waals surface area contributed by atoms with Crippen molar-refractivity contribution in [1.29, 1.82) is 0 Å². The predicted molar refractivity (Wildman–Crippen MR) is 119 cm³/mol. The van der Waals surface area contributed by atoms with Gasteiger partial charge in [0.1, 0.15) is 5.56 Å². The Kier molecular flexibility index (Phi) is 7.41. The topological polar surface area (TPSA) is 56.0 Å². The highest BCUT2D eigenvalue weighted by molar-refractivity contribution is 14.1. The Hall–Kier alpha value is -1.89. The first kappa shape index (κ1) is 21.4. The molecule has 0 aliphatic heterocycles. The number of hydrogen-bond acceptors (Lipinski definition) is 2. The van der Waals surface area contributed by atoms with E-state index in [0.717, 1.165) is 43.5 Å². The maximum absolute atomic E-state index is 13.2. The number of carbonyl (C=O) groups is 1. The van der Waals surface area contributed by atoms with Crippen molar-refractivity contribution in [2.45, 2.75) is 53.9 Å². The molecule has 1 heterocycles. The second-order valence-corrected chi connectivity index (χ2v) is 7.60. The Bertz CT molecular complexity index is 866. The van der Waals surface area contributed by atoms with E-state index in [-0.39, 0.29) is 5.91 Å². The van der Waals surface area contributed by atoms with Gasteiger partial charge in [-0.15, -0.1) is 0 Å². The van der Waals surface area contributed by atoms with E-state index in [4.69, 9.17) is 0 Å². The average Bonchev–Trinajstić information content (AvgIpc) is 2.66. The summed E-state index contributed by atoms with van der Waals surface area (Å²) >= 11 is 2.20. The Labute approximate surface area is 175 Å². The van der Waals surface area contributed by atoms with Crippen molar-refractivity contribution in [1.82, 2.24) is 0 Å². The van der Waals surface area contributed by atoms with Gasteiger partial charge in [0.2, 0.25) is 5.69 Å². The van der Waals surface area contributed by atoms with Gasteiger partial charge in [-0.3, -0.25) is 4.79 Å². The van der Waals surface area contributed by atoms with Gasteiger partial charge in [0.15, 0.2) is 5.69 Å². The molecule has 0 radical (unpaired) electrons. The molecule has 0 unspecified atom stereocenters. The number of anilines is 1. The van der Waals surface area contributed by atoms with E-state index in [0.29, 0.717) is 23.4 Å². The number of allylic oxidation sites excluding steroid dienone is 2. The summed E-state index contributed by atoms with van der Waals surface area (Å²) in [6, 6.07) is 6.09. The molecule has 27 heavy (non-hydrogen) atoms. The molecule has 2 aromatic rings. The molecule has 144 valence electrons. The van der Waals surface area contributed by atoms with Crippen molar-refractivity contribution < 1.29 is 9.52 Å². The van der Waals surface area contributed by atoms with Crippen molar-refractivity contribution in [2.24, 2.45) is 0 Å². The zero-order valence-corrected chi connectivity index (χ0v) is 18.8. The first-order valence-electron chi connectivity index (χ1n) is 9.31. The van der Waals surface area contributed by atoms with Crippen LogP contribution in [0.1, 0.15) is 59.2 Å². The van der Waals surface area contributed by atoms with E-state index >= 15 is 0 Å². The van der Waals surface area contributed by atoms with E-state index < -0.39 is 0 Å². The normalized spacial score (nSPS) is 11.2. The maximum Gasteiger partial charge on any atom is 0.263 e. The van der Waals surface area contributed by atoms with Crippen LogP contribution in [-0.4, -0.2) is 5.91 Å². The van der Waals surface area contributed by atoms with Crippen LogP contribution in [0.4, 0.5) is 5.69 Å². The summed E-state index contributed by atoms with van der Waals surface area (Å²) < 4.78 is 1.72. The molecule has 2 rings (SSSR count). The number of aryl methyl sites for hydroxylation is 2. The van der Waals surface area contributed by atoms with Crippen LogP contribution < -0.4 is 10.0 Å². The number of para-hydroxylation sites is 1. The number of hydrogen-bond donors (Lipinski definition) is 1. The molecule has 1 amide bonds. The molecule has 0 spiro atoms. The fourth-order valence-electron chi connectivity index (χ4n) is 3.26. The van der Waals surface area contributed by atoms with Crippen LogP contribution >= 0.6 is 22.6 Å². The molecule has 0 aliphatic carbocycles. The lowest BCUT2D eigenvalue weighted by Crippen LogP contribution is -2.39. The lowest BCUT2D eigenvalue weighted by Gasteiger charge is -2.18.